The van der Waals surface area contributed by atoms with E-state index in [1.807, 2.05) is 0 Å². The van der Waals surface area contributed by atoms with E-state index in [0.717, 1.165) is 0 Å². The van der Waals surface area contributed by atoms with Gasteiger partial charge in [-0.15, -0.1) is 0 Å². The Bertz CT molecular complexity index is 910. The molecule has 0 radical (unpaired) electrons. The van der Waals surface area contributed by atoms with Crippen LogP contribution in [0.1, 0.15) is 10.6 Å². The van der Waals surface area contributed by atoms with Crippen molar-refractivity contribution in [3.05, 3.63) is 77.7 Å². The molecular weight excluding hydrogens is 382 g/mol. The van der Waals surface area contributed by atoms with Gasteiger partial charge in [0, 0.05) is 16.4 Å². The second-order valence-corrected chi connectivity index (χ2v) is 6.13. The number of ether oxygens (including phenoxy) is 1. The fourth-order valence-corrected chi connectivity index (χ4v) is 2.40. The Balaban J connectivity index is 1.39. The zero-order valence-electron chi connectivity index (χ0n) is 14.8. The number of furan rings is 1. The van der Waals surface area contributed by atoms with Gasteiger partial charge in [-0.2, -0.15) is 0 Å². The molecule has 3 rings (SSSR count). The lowest BCUT2D eigenvalue weighted by molar-refractivity contribution is 0.0996. The summed E-state index contributed by atoms with van der Waals surface area (Å²) in [5, 5.41) is 8.73. The van der Waals surface area contributed by atoms with Gasteiger partial charge in [-0.1, -0.05) is 11.6 Å². The Morgan fingerprint density at radius 3 is 2.25 bits per heavy atom. The second-order valence-electron chi connectivity index (χ2n) is 5.69. The summed E-state index contributed by atoms with van der Waals surface area (Å²) in [6.45, 7) is 0.665. The van der Waals surface area contributed by atoms with Gasteiger partial charge >= 0.3 is 6.03 Å². The van der Waals surface area contributed by atoms with Gasteiger partial charge < -0.3 is 25.1 Å². The number of anilines is 2. The van der Waals surface area contributed by atoms with E-state index in [1.165, 1.54) is 6.26 Å². The predicted octanol–water partition coefficient (Wildman–Crippen LogP) is 4.39. The summed E-state index contributed by atoms with van der Waals surface area (Å²) in [6.07, 6.45) is 1.43. The fourth-order valence-electron chi connectivity index (χ4n) is 2.28. The van der Waals surface area contributed by atoms with Crippen molar-refractivity contribution in [1.82, 2.24) is 5.32 Å². The van der Waals surface area contributed by atoms with Crippen molar-refractivity contribution in [3.8, 4) is 5.75 Å². The van der Waals surface area contributed by atoms with Crippen LogP contribution >= 0.6 is 11.6 Å². The number of rotatable bonds is 7. The molecule has 7 nitrogen and oxygen atoms in total. The Morgan fingerprint density at radius 2 is 1.61 bits per heavy atom. The third-order valence-corrected chi connectivity index (χ3v) is 3.87. The molecule has 0 spiro atoms. The number of urea groups is 1. The molecule has 3 amide bonds. The minimum absolute atomic E-state index is 0.224. The molecule has 28 heavy (non-hydrogen) atoms. The van der Waals surface area contributed by atoms with Gasteiger partial charge in [-0.3, -0.25) is 4.79 Å². The van der Waals surface area contributed by atoms with Crippen LogP contribution in [0.3, 0.4) is 0 Å². The largest absolute Gasteiger partial charge is 0.492 e. The highest BCUT2D eigenvalue weighted by Crippen LogP contribution is 2.16. The van der Waals surface area contributed by atoms with Crippen LogP contribution in [-0.4, -0.2) is 25.1 Å². The zero-order chi connectivity index (χ0) is 19.8. The minimum atomic E-state index is -0.355. The van der Waals surface area contributed by atoms with Crippen molar-refractivity contribution in [2.45, 2.75) is 0 Å². The molecule has 144 valence electrons. The van der Waals surface area contributed by atoms with Gasteiger partial charge in [-0.05, 0) is 60.7 Å². The van der Waals surface area contributed by atoms with Crippen molar-refractivity contribution >= 4 is 34.9 Å². The van der Waals surface area contributed by atoms with Crippen molar-refractivity contribution < 1.29 is 18.7 Å². The van der Waals surface area contributed by atoms with Gasteiger partial charge in [-0.25, -0.2) is 4.79 Å². The van der Waals surface area contributed by atoms with E-state index in [9.17, 15) is 9.59 Å². The molecule has 3 N–H and O–H groups in total. The number of nitrogens with one attached hydrogen (secondary N) is 3. The summed E-state index contributed by atoms with van der Waals surface area (Å²) in [5.74, 6) is 0.560. The summed E-state index contributed by atoms with van der Waals surface area (Å²) >= 11 is 5.80. The Hall–Kier alpha value is -3.45. The first-order chi connectivity index (χ1) is 13.6. The van der Waals surface area contributed by atoms with E-state index < -0.39 is 0 Å². The molecule has 2 aromatic carbocycles. The molecule has 3 aromatic rings. The first-order valence-electron chi connectivity index (χ1n) is 8.48. The standard InChI is InChI=1S/C20H18ClN3O4/c21-14-3-9-17(10-4-14)27-13-11-22-20(26)24-16-7-5-15(6-8-16)23-19(25)18-2-1-12-28-18/h1-10,12H,11,13H2,(H,23,25)(H2,22,24,26). The predicted molar refractivity (Wildman–Crippen MR) is 107 cm³/mol. The molecule has 0 saturated heterocycles. The fraction of sp³-hybridized carbons (Fsp3) is 0.100. The average Bonchev–Trinajstić information content (AvgIpc) is 3.23. The molecular formula is C20H18ClN3O4. The molecule has 0 bridgehead atoms. The van der Waals surface area contributed by atoms with E-state index >= 15 is 0 Å². The monoisotopic (exact) mass is 399 g/mol. The van der Waals surface area contributed by atoms with Crippen molar-refractivity contribution in [2.24, 2.45) is 0 Å². The Labute approximate surface area is 166 Å². The first-order valence-corrected chi connectivity index (χ1v) is 8.86. The minimum Gasteiger partial charge on any atom is -0.492 e. The van der Waals surface area contributed by atoms with Crippen LogP contribution in [0.25, 0.3) is 0 Å². The van der Waals surface area contributed by atoms with Crippen molar-refractivity contribution in [1.29, 1.82) is 0 Å². The molecule has 0 aliphatic heterocycles. The topological polar surface area (TPSA) is 92.6 Å². The molecule has 0 aliphatic rings. The number of hydrogen-bond acceptors (Lipinski definition) is 4. The molecule has 0 unspecified atom stereocenters. The van der Waals surface area contributed by atoms with Gasteiger partial charge in [0.2, 0.25) is 0 Å². The number of hydrogen-bond donors (Lipinski definition) is 3. The maximum absolute atomic E-state index is 11.9. The Kier molecular flexibility index (Phi) is 6.54. The maximum atomic E-state index is 11.9. The summed E-state index contributed by atoms with van der Waals surface area (Å²) in [5.41, 5.74) is 1.18. The third-order valence-electron chi connectivity index (χ3n) is 3.62. The number of benzene rings is 2. The second kappa shape index (κ2) is 9.48. The van der Waals surface area contributed by atoms with Crippen LogP contribution in [0.15, 0.2) is 71.3 Å². The van der Waals surface area contributed by atoms with Crippen molar-refractivity contribution in [3.63, 3.8) is 0 Å². The highest BCUT2D eigenvalue weighted by atomic mass is 35.5. The van der Waals surface area contributed by atoms with E-state index in [0.29, 0.717) is 35.3 Å². The smallest absolute Gasteiger partial charge is 0.319 e. The third kappa shape index (κ3) is 5.78. The molecule has 8 heteroatoms. The number of carbonyl (C=O) groups is 2. The van der Waals surface area contributed by atoms with Gasteiger partial charge in [0.15, 0.2) is 5.76 Å². The summed E-state index contributed by atoms with van der Waals surface area (Å²) < 4.78 is 10.5. The van der Waals surface area contributed by atoms with Crippen LogP contribution in [-0.2, 0) is 0 Å². The van der Waals surface area contributed by atoms with E-state index in [1.54, 1.807) is 60.7 Å². The van der Waals surface area contributed by atoms with Gasteiger partial charge in [0.25, 0.3) is 5.91 Å². The van der Waals surface area contributed by atoms with Crippen molar-refractivity contribution in [2.75, 3.05) is 23.8 Å². The lowest BCUT2D eigenvalue weighted by atomic mass is 10.2. The lowest BCUT2D eigenvalue weighted by Crippen LogP contribution is -2.32. The molecule has 1 heterocycles. The quantitative estimate of drug-likeness (QED) is 0.514. The summed E-state index contributed by atoms with van der Waals surface area (Å²) in [4.78, 5) is 23.8. The van der Waals surface area contributed by atoms with Gasteiger partial charge in [0.05, 0.1) is 12.8 Å². The van der Waals surface area contributed by atoms with Crippen LogP contribution in [0.2, 0.25) is 5.02 Å². The zero-order valence-corrected chi connectivity index (χ0v) is 15.5. The highest BCUT2D eigenvalue weighted by Gasteiger charge is 2.08. The first kappa shape index (κ1) is 19.3. The van der Waals surface area contributed by atoms with Gasteiger partial charge in [0.1, 0.15) is 12.4 Å². The van der Waals surface area contributed by atoms with E-state index in [-0.39, 0.29) is 17.7 Å². The summed E-state index contributed by atoms with van der Waals surface area (Å²) in [6, 6.07) is 16.6. The van der Waals surface area contributed by atoms with Crippen LogP contribution in [0, 0.1) is 0 Å². The van der Waals surface area contributed by atoms with Crippen LogP contribution in [0.5, 0.6) is 5.75 Å². The van der Waals surface area contributed by atoms with Crippen LogP contribution < -0.4 is 20.7 Å². The molecule has 1 aromatic heterocycles. The number of carbonyl (C=O) groups excluding carboxylic acids is 2. The van der Waals surface area contributed by atoms with E-state index in [2.05, 4.69) is 16.0 Å². The normalized spacial score (nSPS) is 10.2. The highest BCUT2D eigenvalue weighted by molar-refractivity contribution is 6.30. The molecule has 0 aliphatic carbocycles. The van der Waals surface area contributed by atoms with Crippen LogP contribution in [0.4, 0.5) is 16.2 Å². The Morgan fingerprint density at radius 1 is 0.929 bits per heavy atom. The number of amides is 3. The molecule has 0 atom stereocenters. The molecule has 0 fully saturated rings. The lowest BCUT2D eigenvalue weighted by Gasteiger charge is -2.10. The average molecular weight is 400 g/mol. The van der Waals surface area contributed by atoms with E-state index in [4.69, 9.17) is 20.8 Å². The molecule has 0 saturated carbocycles. The number of halogens is 1. The summed E-state index contributed by atoms with van der Waals surface area (Å²) in [7, 11) is 0. The maximum Gasteiger partial charge on any atom is 0.319 e. The SMILES string of the molecule is O=C(NCCOc1ccc(Cl)cc1)Nc1ccc(NC(=O)c2ccco2)cc1.